The first-order chi connectivity index (χ1) is 8.99. The third-order valence-electron chi connectivity index (χ3n) is 3.06. The molecule has 0 heterocycles. The lowest BCUT2D eigenvalue weighted by atomic mass is 9.95. The molecule has 0 aliphatic heterocycles. The number of ether oxygens (including phenoxy) is 2. The number of hydrogen-bond donors (Lipinski definition) is 1. The van der Waals surface area contributed by atoms with E-state index in [1.807, 2.05) is 0 Å². The summed E-state index contributed by atoms with van der Waals surface area (Å²) in [6.45, 7) is 1.74. The van der Waals surface area contributed by atoms with Gasteiger partial charge < -0.3 is 15.2 Å². The number of carbonyl (C=O) groups excluding carboxylic acids is 2. The highest BCUT2D eigenvalue weighted by Crippen LogP contribution is 2.12. The van der Waals surface area contributed by atoms with E-state index in [-0.39, 0.29) is 36.3 Å². The molecule has 1 aromatic carbocycles. The van der Waals surface area contributed by atoms with E-state index < -0.39 is 0 Å². The number of rotatable bonds is 5. The SMILES string of the molecule is COC(=O)c1ccc(CC(N)C(C)C(=O)OC)cc1.Cl. The molecule has 5 nitrogen and oxygen atoms in total. The Hall–Kier alpha value is -1.59. The van der Waals surface area contributed by atoms with Crippen molar-refractivity contribution >= 4 is 24.3 Å². The molecular weight excluding hydrogens is 282 g/mol. The lowest BCUT2D eigenvalue weighted by Gasteiger charge is -2.17. The van der Waals surface area contributed by atoms with Crippen LogP contribution >= 0.6 is 12.4 Å². The van der Waals surface area contributed by atoms with Crippen LogP contribution in [0.25, 0.3) is 0 Å². The normalized spacial score (nSPS) is 12.8. The van der Waals surface area contributed by atoms with Crippen LogP contribution in [0.15, 0.2) is 24.3 Å². The van der Waals surface area contributed by atoms with Gasteiger partial charge in [-0.1, -0.05) is 19.1 Å². The molecule has 1 rings (SSSR count). The van der Waals surface area contributed by atoms with Gasteiger partial charge in [-0.3, -0.25) is 4.79 Å². The summed E-state index contributed by atoms with van der Waals surface area (Å²) in [6, 6.07) is 6.64. The second-order valence-electron chi connectivity index (χ2n) is 4.37. The topological polar surface area (TPSA) is 78.6 Å². The summed E-state index contributed by atoms with van der Waals surface area (Å²) in [7, 11) is 2.68. The van der Waals surface area contributed by atoms with E-state index in [0.29, 0.717) is 12.0 Å². The quantitative estimate of drug-likeness (QED) is 0.835. The van der Waals surface area contributed by atoms with E-state index in [1.54, 1.807) is 31.2 Å². The molecule has 0 aliphatic carbocycles. The molecule has 0 bridgehead atoms. The minimum Gasteiger partial charge on any atom is -0.469 e. The summed E-state index contributed by atoms with van der Waals surface area (Å²) in [5, 5.41) is 0. The number of esters is 2. The van der Waals surface area contributed by atoms with Gasteiger partial charge in [0.05, 0.1) is 25.7 Å². The molecule has 20 heavy (non-hydrogen) atoms. The fourth-order valence-electron chi connectivity index (χ4n) is 1.70. The van der Waals surface area contributed by atoms with Crippen molar-refractivity contribution < 1.29 is 19.1 Å². The van der Waals surface area contributed by atoms with E-state index in [4.69, 9.17) is 5.73 Å². The molecule has 6 heteroatoms. The second kappa shape index (κ2) is 8.55. The Morgan fingerprint density at radius 1 is 1.15 bits per heavy atom. The number of halogens is 1. The lowest BCUT2D eigenvalue weighted by molar-refractivity contribution is -0.145. The zero-order valence-corrected chi connectivity index (χ0v) is 12.6. The lowest BCUT2D eigenvalue weighted by Crippen LogP contribution is -2.36. The molecule has 0 saturated heterocycles. The Morgan fingerprint density at radius 2 is 1.70 bits per heavy atom. The zero-order chi connectivity index (χ0) is 14.4. The number of carbonyl (C=O) groups is 2. The highest BCUT2D eigenvalue weighted by molar-refractivity contribution is 5.89. The van der Waals surface area contributed by atoms with Gasteiger partial charge in [-0.25, -0.2) is 4.79 Å². The molecule has 2 atom stereocenters. The molecule has 0 fully saturated rings. The molecule has 2 unspecified atom stereocenters. The van der Waals surface area contributed by atoms with Crippen molar-refractivity contribution in [2.75, 3.05) is 14.2 Å². The maximum atomic E-state index is 11.4. The standard InChI is InChI=1S/C14H19NO4.ClH/c1-9(13(16)18-2)12(15)8-10-4-6-11(7-5-10)14(17)19-3;/h4-7,9,12H,8,15H2,1-3H3;1H. The summed E-state index contributed by atoms with van der Waals surface area (Å²) in [5.41, 5.74) is 7.40. The molecule has 0 aliphatic rings. The summed E-state index contributed by atoms with van der Waals surface area (Å²) in [4.78, 5) is 22.6. The van der Waals surface area contributed by atoms with Gasteiger partial charge in [-0.05, 0) is 24.1 Å². The van der Waals surface area contributed by atoms with Crippen LogP contribution in [0.2, 0.25) is 0 Å². The Morgan fingerprint density at radius 3 is 2.15 bits per heavy atom. The average molecular weight is 302 g/mol. The van der Waals surface area contributed by atoms with Crippen molar-refractivity contribution in [3.63, 3.8) is 0 Å². The third-order valence-corrected chi connectivity index (χ3v) is 3.06. The molecule has 2 N–H and O–H groups in total. The van der Waals surface area contributed by atoms with Crippen molar-refractivity contribution in [3.8, 4) is 0 Å². The minimum absolute atomic E-state index is 0. The predicted molar refractivity (Wildman–Crippen MR) is 77.9 cm³/mol. The summed E-state index contributed by atoms with van der Waals surface area (Å²) >= 11 is 0. The summed E-state index contributed by atoms with van der Waals surface area (Å²) in [5.74, 6) is -1.07. The first-order valence-electron chi connectivity index (χ1n) is 6.00. The van der Waals surface area contributed by atoms with E-state index in [1.165, 1.54) is 14.2 Å². The molecule has 0 spiro atoms. The smallest absolute Gasteiger partial charge is 0.337 e. The Labute approximate surface area is 124 Å². The van der Waals surface area contributed by atoms with Gasteiger partial charge in [0, 0.05) is 6.04 Å². The highest BCUT2D eigenvalue weighted by atomic mass is 35.5. The fraction of sp³-hybridized carbons (Fsp3) is 0.429. The maximum Gasteiger partial charge on any atom is 0.337 e. The van der Waals surface area contributed by atoms with Crippen molar-refractivity contribution in [3.05, 3.63) is 35.4 Å². The van der Waals surface area contributed by atoms with Crippen molar-refractivity contribution in [2.24, 2.45) is 11.7 Å². The first kappa shape index (κ1) is 18.4. The fourth-order valence-corrected chi connectivity index (χ4v) is 1.70. The molecular formula is C14H20ClNO4. The van der Waals surface area contributed by atoms with Gasteiger partial charge in [-0.2, -0.15) is 0 Å². The van der Waals surface area contributed by atoms with Crippen molar-refractivity contribution in [1.29, 1.82) is 0 Å². The van der Waals surface area contributed by atoms with Crippen molar-refractivity contribution in [2.45, 2.75) is 19.4 Å². The molecule has 1 aromatic rings. The maximum absolute atomic E-state index is 11.4. The molecule has 0 amide bonds. The average Bonchev–Trinajstić information content (AvgIpc) is 2.45. The van der Waals surface area contributed by atoms with Crippen molar-refractivity contribution in [1.82, 2.24) is 0 Å². The van der Waals surface area contributed by atoms with Gasteiger partial charge >= 0.3 is 11.9 Å². The Balaban J connectivity index is 0.00000361. The zero-order valence-electron chi connectivity index (χ0n) is 11.8. The van der Waals surface area contributed by atoms with Gasteiger partial charge in [-0.15, -0.1) is 12.4 Å². The third kappa shape index (κ3) is 4.83. The summed E-state index contributed by atoms with van der Waals surface area (Å²) < 4.78 is 9.27. The van der Waals surface area contributed by atoms with Crippen LogP contribution in [0.3, 0.4) is 0 Å². The molecule has 0 aromatic heterocycles. The predicted octanol–water partition coefficient (Wildman–Crippen LogP) is 1.57. The first-order valence-corrected chi connectivity index (χ1v) is 6.00. The van der Waals surface area contributed by atoms with Gasteiger partial charge in [0.2, 0.25) is 0 Å². The van der Waals surface area contributed by atoms with Crippen LogP contribution < -0.4 is 5.73 Å². The van der Waals surface area contributed by atoms with E-state index >= 15 is 0 Å². The van der Waals surface area contributed by atoms with Crippen LogP contribution in [-0.2, 0) is 20.7 Å². The second-order valence-corrected chi connectivity index (χ2v) is 4.37. The number of nitrogens with two attached hydrogens (primary N) is 1. The van der Waals surface area contributed by atoms with Crippen LogP contribution in [0, 0.1) is 5.92 Å². The van der Waals surface area contributed by atoms with Gasteiger partial charge in [0.25, 0.3) is 0 Å². The molecule has 0 saturated carbocycles. The Kier molecular flexibility index (Phi) is 7.87. The van der Waals surface area contributed by atoms with Crippen LogP contribution in [0.4, 0.5) is 0 Å². The number of methoxy groups -OCH3 is 2. The molecule has 112 valence electrons. The number of hydrogen-bond acceptors (Lipinski definition) is 5. The van der Waals surface area contributed by atoms with Crippen LogP contribution in [0.1, 0.15) is 22.8 Å². The Bertz CT molecular complexity index is 447. The van der Waals surface area contributed by atoms with E-state index in [9.17, 15) is 9.59 Å². The molecule has 0 radical (unpaired) electrons. The van der Waals surface area contributed by atoms with Gasteiger partial charge in [0.15, 0.2) is 0 Å². The van der Waals surface area contributed by atoms with Crippen LogP contribution in [-0.4, -0.2) is 32.2 Å². The van der Waals surface area contributed by atoms with E-state index in [2.05, 4.69) is 9.47 Å². The van der Waals surface area contributed by atoms with E-state index in [0.717, 1.165) is 5.56 Å². The monoisotopic (exact) mass is 301 g/mol. The summed E-state index contributed by atoms with van der Waals surface area (Å²) in [6.07, 6.45) is 0.539. The highest BCUT2D eigenvalue weighted by Gasteiger charge is 2.21. The van der Waals surface area contributed by atoms with Crippen LogP contribution in [0.5, 0.6) is 0 Å². The number of benzene rings is 1. The minimum atomic E-state index is -0.376. The van der Waals surface area contributed by atoms with Gasteiger partial charge in [0.1, 0.15) is 0 Å². The largest absolute Gasteiger partial charge is 0.469 e.